The van der Waals surface area contributed by atoms with Crippen molar-refractivity contribution in [3.05, 3.63) is 42.6 Å². The van der Waals surface area contributed by atoms with Gasteiger partial charge in [0.05, 0.1) is 12.8 Å². The smallest absolute Gasteiger partial charge is 0.242 e. The number of aliphatic imine (C=N–C) groups is 1. The zero-order valence-electron chi connectivity index (χ0n) is 15.9. The standard InChI is InChI=1S/C18H25N7O2.HI/c1-2-19-17(23-14-16(26)22-13-15-5-3-12-27-15)24-8-10-25(11-9-24)18-20-6-4-7-21-18;/h3-7,12H,2,8-11,13-14H2,1H3,(H,19,23)(H,22,26);1H. The van der Waals surface area contributed by atoms with Gasteiger partial charge in [0, 0.05) is 45.1 Å². The third kappa shape index (κ3) is 6.36. The normalized spacial score (nSPS) is 14.4. The van der Waals surface area contributed by atoms with Crippen molar-refractivity contribution < 1.29 is 9.21 Å². The minimum atomic E-state index is -0.141. The van der Waals surface area contributed by atoms with Crippen LogP contribution in [0.4, 0.5) is 5.95 Å². The van der Waals surface area contributed by atoms with Crippen LogP contribution in [0.2, 0.25) is 0 Å². The highest BCUT2D eigenvalue weighted by atomic mass is 127. The molecule has 0 saturated carbocycles. The molecule has 3 rings (SSSR count). The molecule has 10 heteroatoms. The summed E-state index contributed by atoms with van der Waals surface area (Å²) in [6.07, 6.45) is 5.09. The van der Waals surface area contributed by atoms with E-state index < -0.39 is 0 Å². The van der Waals surface area contributed by atoms with Gasteiger partial charge in [0.1, 0.15) is 12.3 Å². The second kappa shape index (κ2) is 11.5. The molecule has 28 heavy (non-hydrogen) atoms. The highest BCUT2D eigenvalue weighted by Crippen LogP contribution is 2.09. The van der Waals surface area contributed by atoms with Crippen molar-refractivity contribution in [2.75, 3.05) is 44.2 Å². The largest absolute Gasteiger partial charge is 0.467 e. The Morgan fingerprint density at radius 3 is 2.57 bits per heavy atom. The van der Waals surface area contributed by atoms with E-state index in [9.17, 15) is 4.79 Å². The van der Waals surface area contributed by atoms with Crippen molar-refractivity contribution >= 4 is 41.8 Å². The minimum Gasteiger partial charge on any atom is -0.467 e. The summed E-state index contributed by atoms with van der Waals surface area (Å²) in [6.45, 7) is 6.39. The lowest BCUT2D eigenvalue weighted by molar-refractivity contribution is -0.119. The number of halogens is 1. The molecule has 3 heterocycles. The quantitative estimate of drug-likeness (QED) is 0.349. The summed E-state index contributed by atoms with van der Waals surface area (Å²) in [5, 5.41) is 6.06. The number of guanidine groups is 1. The molecular weight excluding hydrogens is 473 g/mol. The summed E-state index contributed by atoms with van der Waals surface area (Å²) in [5.74, 6) is 2.08. The van der Waals surface area contributed by atoms with E-state index in [-0.39, 0.29) is 36.4 Å². The number of hydrogen-bond donors (Lipinski definition) is 2. The van der Waals surface area contributed by atoms with E-state index >= 15 is 0 Å². The first-order valence-corrected chi connectivity index (χ1v) is 9.10. The summed E-state index contributed by atoms with van der Waals surface area (Å²) in [4.78, 5) is 29.4. The molecule has 0 unspecified atom stereocenters. The summed E-state index contributed by atoms with van der Waals surface area (Å²) in [5.41, 5.74) is 0. The number of nitrogens with one attached hydrogen (secondary N) is 2. The van der Waals surface area contributed by atoms with Crippen molar-refractivity contribution in [2.24, 2.45) is 4.99 Å². The topological polar surface area (TPSA) is 98.9 Å². The van der Waals surface area contributed by atoms with Gasteiger partial charge in [0.2, 0.25) is 11.9 Å². The summed E-state index contributed by atoms with van der Waals surface area (Å²) in [6, 6.07) is 5.43. The fourth-order valence-electron chi connectivity index (χ4n) is 2.80. The van der Waals surface area contributed by atoms with Crippen LogP contribution in [0, 0.1) is 0 Å². The number of aromatic nitrogens is 2. The Bertz CT molecular complexity index is 732. The molecule has 9 nitrogen and oxygen atoms in total. The highest BCUT2D eigenvalue weighted by molar-refractivity contribution is 14.0. The zero-order valence-corrected chi connectivity index (χ0v) is 18.2. The van der Waals surface area contributed by atoms with Gasteiger partial charge in [-0.05, 0) is 25.1 Å². The fraction of sp³-hybridized carbons (Fsp3) is 0.444. The van der Waals surface area contributed by atoms with Crippen LogP contribution in [0.1, 0.15) is 12.7 Å². The van der Waals surface area contributed by atoms with Gasteiger partial charge in [-0.15, -0.1) is 24.0 Å². The lowest BCUT2D eigenvalue weighted by atomic mass is 10.3. The van der Waals surface area contributed by atoms with Gasteiger partial charge in [0.25, 0.3) is 0 Å². The summed E-state index contributed by atoms with van der Waals surface area (Å²) < 4.78 is 5.20. The number of carbonyl (C=O) groups is 1. The lowest BCUT2D eigenvalue weighted by Crippen LogP contribution is -2.53. The summed E-state index contributed by atoms with van der Waals surface area (Å²) >= 11 is 0. The zero-order chi connectivity index (χ0) is 18.9. The number of piperazine rings is 1. The van der Waals surface area contributed by atoms with E-state index in [1.807, 2.05) is 19.1 Å². The van der Waals surface area contributed by atoms with Crippen LogP contribution in [0.3, 0.4) is 0 Å². The maximum Gasteiger partial charge on any atom is 0.242 e. The average Bonchev–Trinajstić information content (AvgIpc) is 3.24. The number of hydrogen-bond acceptors (Lipinski definition) is 6. The van der Waals surface area contributed by atoms with Gasteiger partial charge in [-0.1, -0.05) is 0 Å². The monoisotopic (exact) mass is 499 g/mol. The van der Waals surface area contributed by atoms with Gasteiger partial charge < -0.3 is 24.9 Å². The first-order valence-electron chi connectivity index (χ1n) is 9.10. The van der Waals surface area contributed by atoms with E-state index in [1.54, 1.807) is 24.7 Å². The number of amides is 1. The second-order valence-electron chi connectivity index (χ2n) is 6.05. The first kappa shape index (κ1) is 21.9. The SMILES string of the molecule is CCNC(=NCC(=O)NCc1ccco1)N1CCN(c2ncccn2)CC1.I. The number of anilines is 1. The Morgan fingerprint density at radius 1 is 1.18 bits per heavy atom. The fourth-order valence-corrected chi connectivity index (χ4v) is 2.80. The molecular formula is C18H26IN7O2. The first-order chi connectivity index (χ1) is 13.3. The number of furan rings is 1. The molecule has 0 aliphatic carbocycles. The molecule has 0 radical (unpaired) electrons. The molecule has 1 amide bonds. The molecule has 2 N–H and O–H groups in total. The molecule has 0 spiro atoms. The van der Waals surface area contributed by atoms with Crippen molar-refractivity contribution in [3.8, 4) is 0 Å². The Morgan fingerprint density at radius 2 is 1.93 bits per heavy atom. The maximum atomic E-state index is 12.0. The molecule has 1 fully saturated rings. The Labute approximate surface area is 181 Å². The highest BCUT2D eigenvalue weighted by Gasteiger charge is 2.21. The Hall–Kier alpha value is -2.37. The predicted octanol–water partition coefficient (Wildman–Crippen LogP) is 1.09. The van der Waals surface area contributed by atoms with E-state index in [0.29, 0.717) is 6.54 Å². The number of rotatable bonds is 6. The van der Waals surface area contributed by atoms with Crippen molar-refractivity contribution in [3.63, 3.8) is 0 Å². The molecule has 1 aliphatic rings. The van der Waals surface area contributed by atoms with Gasteiger partial charge in [0.15, 0.2) is 5.96 Å². The van der Waals surface area contributed by atoms with Crippen LogP contribution < -0.4 is 15.5 Å². The predicted molar refractivity (Wildman–Crippen MR) is 118 cm³/mol. The van der Waals surface area contributed by atoms with Gasteiger partial charge in [-0.2, -0.15) is 0 Å². The molecule has 1 saturated heterocycles. The van der Waals surface area contributed by atoms with Gasteiger partial charge >= 0.3 is 0 Å². The molecule has 0 atom stereocenters. The number of nitrogens with zero attached hydrogens (tertiary/aromatic N) is 5. The van der Waals surface area contributed by atoms with E-state index in [2.05, 4.69) is 35.4 Å². The van der Waals surface area contributed by atoms with Crippen LogP contribution in [-0.4, -0.2) is 66.0 Å². The van der Waals surface area contributed by atoms with Crippen LogP contribution in [0.5, 0.6) is 0 Å². The lowest BCUT2D eigenvalue weighted by Gasteiger charge is -2.36. The van der Waals surface area contributed by atoms with E-state index in [0.717, 1.165) is 50.4 Å². The third-order valence-electron chi connectivity index (χ3n) is 4.16. The van der Waals surface area contributed by atoms with E-state index in [1.165, 1.54) is 0 Å². The van der Waals surface area contributed by atoms with E-state index in [4.69, 9.17) is 4.42 Å². The summed E-state index contributed by atoms with van der Waals surface area (Å²) in [7, 11) is 0. The van der Waals surface area contributed by atoms with Gasteiger partial charge in [-0.3, -0.25) is 4.79 Å². The molecule has 0 bridgehead atoms. The van der Waals surface area contributed by atoms with Crippen molar-refractivity contribution in [2.45, 2.75) is 13.5 Å². The Balaban J connectivity index is 0.00000280. The minimum absolute atomic E-state index is 0. The van der Waals surface area contributed by atoms with Crippen LogP contribution in [0.25, 0.3) is 0 Å². The van der Waals surface area contributed by atoms with Crippen LogP contribution in [-0.2, 0) is 11.3 Å². The van der Waals surface area contributed by atoms with Crippen molar-refractivity contribution in [1.29, 1.82) is 0 Å². The third-order valence-corrected chi connectivity index (χ3v) is 4.16. The Kier molecular flexibility index (Phi) is 8.98. The van der Waals surface area contributed by atoms with Crippen LogP contribution >= 0.6 is 24.0 Å². The van der Waals surface area contributed by atoms with Gasteiger partial charge in [-0.25, -0.2) is 15.0 Å². The van der Waals surface area contributed by atoms with Crippen LogP contribution in [0.15, 0.2) is 46.3 Å². The van der Waals surface area contributed by atoms with Crippen molar-refractivity contribution in [1.82, 2.24) is 25.5 Å². The molecule has 0 aromatic carbocycles. The average molecular weight is 499 g/mol. The molecule has 152 valence electrons. The maximum absolute atomic E-state index is 12.0. The second-order valence-corrected chi connectivity index (χ2v) is 6.05. The molecule has 2 aromatic heterocycles. The molecule has 1 aliphatic heterocycles. The molecule has 2 aromatic rings. The number of carbonyl (C=O) groups excluding carboxylic acids is 1.